The number of aromatic amines is 1. The molecule has 1 fully saturated rings. The van der Waals surface area contributed by atoms with Crippen molar-refractivity contribution in [3.63, 3.8) is 0 Å². The first-order valence-corrected chi connectivity index (χ1v) is 6.29. The normalized spacial score (nSPS) is 20.1. The molecule has 18 heavy (non-hydrogen) atoms. The van der Waals surface area contributed by atoms with Gasteiger partial charge < -0.3 is 10.2 Å². The van der Waals surface area contributed by atoms with Gasteiger partial charge in [-0.05, 0) is 6.92 Å². The lowest BCUT2D eigenvalue weighted by molar-refractivity contribution is 0.480. The van der Waals surface area contributed by atoms with E-state index in [1.807, 2.05) is 30.3 Å². The van der Waals surface area contributed by atoms with Crippen LogP contribution in [0.2, 0.25) is 0 Å². The first-order chi connectivity index (χ1) is 8.83. The molecule has 2 aromatic rings. The number of anilines is 1. The predicted molar refractivity (Wildman–Crippen MR) is 71.5 cm³/mol. The molecule has 0 aliphatic carbocycles. The number of H-pyrrole nitrogens is 1. The van der Waals surface area contributed by atoms with Gasteiger partial charge in [0.25, 0.3) is 0 Å². The largest absolute Gasteiger partial charge is 0.337 e. The van der Waals surface area contributed by atoms with Crippen molar-refractivity contribution < 1.29 is 0 Å². The molecule has 0 radical (unpaired) electrons. The number of hydrogen-bond donors (Lipinski definition) is 2. The van der Waals surface area contributed by atoms with Gasteiger partial charge in [0.15, 0.2) is 5.82 Å². The molecule has 1 saturated heterocycles. The lowest BCUT2D eigenvalue weighted by Gasteiger charge is -2.30. The molecule has 1 aromatic carbocycles. The molecule has 1 aliphatic heterocycles. The first kappa shape index (κ1) is 11.2. The van der Waals surface area contributed by atoms with Crippen LogP contribution < -0.4 is 10.2 Å². The summed E-state index contributed by atoms with van der Waals surface area (Å²) in [6, 6.07) is 10.6. The molecule has 5 heteroatoms. The van der Waals surface area contributed by atoms with Gasteiger partial charge in [0.05, 0.1) is 0 Å². The topological polar surface area (TPSA) is 56.8 Å². The SMILES string of the molecule is C[C@@H]1CN(c2n[nH]c(-c3ccccc3)n2)CCN1. The van der Waals surface area contributed by atoms with Crippen LogP contribution in [0.3, 0.4) is 0 Å². The number of nitrogens with one attached hydrogen (secondary N) is 2. The summed E-state index contributed by atoms with van der Waals surface area (Å²) >= 11 is 0. The van der Waals surface area contributed by atoms with Gasteiger partial charge in [0.1, 0.15) is 0 Å². The van der Waals surface area contributed by atoms with E-state index in [4.69, 9.17) is 0 Å². The third-order valence-corrected chi connectivity index (χ3v) is 3.17. The standard InChI is InChI=1S/C13H17N5/c1-10-9-18(8-7-14-10)13-15-12(16-17-13)11-5-3-2-4-6-11/h2-6,10,14H,7-9H2,1H3,(H,15,16,17)/t10-/m1/s1. The van der Waals surface area contributed by atoms with Crippen molar-refractivity contribution in [1.29, 1.82) is 0 Å². The van der Waals surface area contributed by atoms with Crippen LogP contribution in [0.15, 0.2) is 30.3 Å². The number of benzene rings is 1. The average molecular weight is 243 g/mol. The van der Waals surface area contributed by atoms with E-state index in [1.54, 1.807) is 0 Å². The van der Waals surface area contributed by atoms with E-state index >= 15 is 0 Å². The minimum Gasteiger partial charge on any atom is -0.337 e. The molecule has 0 unspecified atom stereocenters. The Morgan fingerprint density at radius 2 is 2.11 bits per heavy atom. The molecule has 0 spiro atoms. The summed E-state index contributed by atoms with van der Waals surface area (Å²) in [6.45, 7) is 5.07. The Labute approximate surface area is 106 Å². The summed E-state index contributed by atoms with van der Waals surface area (Å²) in [5.41, 5.74) is 1.07. The van der Waals surface area contributed by atoms with E-state index in [2.05, 4.69) is 32.3 Å². The highest BCUT2D eigenvalue weighted by Gasteiger charge is 2.19. The molecule has 1 aliphatic rings. The average Bonchev–Trinajstić information content (AvgIpc) is 2.89. The van der Waals surface area contributed by atoms with E-state index in [0.717, 1.165) is 37.0 Å². The number of nitrogens with zero attached hydrogens (tertiary/aromatic N) is 3. The molecule has 94 valence electrons. The highest BCUT2D eigenvalue weighted by Crippen LogP contribution is 2.17. The molecule has 0 bridgehead atoms. The minimum absolute atomic E-state index is 0.484. The lowest BCUT2D eigenvalue weighted by Crippen LogP contribution is -2.49. The Hall–Kier alpha value is -1.88. The lowest BCUT2D eigenvalue weighted by atomic mass is 10.2. The van der Waals surface area contributed by atoms with E-state index in [-0.39, 0.29) is 0 Å². The number of rotatable bonds is 2. The Morgan fingerprint density at radius 3 is 2.89 bits per heavy atom. The molecule has 3 rings (SSSR count). The van der Waals surface area contributed by atoms with Crippen LogP contribution in [0.25, 0.3) is 11.4 Å². The summed E-state index contributed by atoms with van der Waals surface area (Å²) in [6.07, 6.45) is 0. The third kappa shape index (κ3) is 2.22. The van der Waals surface area contributed by atoms with Crippen LogP contribution in [0.1, 0.15) is 6.92 Å². The van der Waals surface area contributed by atoms with Crippen molar-refractivity contribution in [3.8, 4) is 11.4 Å². The van der Waals surface area contributed by atoms with Crippen molar-refractivity contribution in [1.82, 2.24) is 20.5 Å². The second-order valence-corrected chi connectivity index (χ2v) is 4.65. The molecule has 1 atom stereocenters. The van der Waals surface area contributed by atoms with E-state index < -0.39 is 0 Å². The maximum Gasteiger partial charge on any atom is 0.245 e. The maximum atomic E-state index is 4.57. The van der Waals surface area contributed by atoms with E-state index in [0.29, 0.717) is 6.04 Å². The van der Waals surface area contributed by atoms with Gasteiger partial charge in [0, 0.05) is 31.2 Å². The maximum absolute atomic E-state index is 4.57. The Morgan fingerprint density at radius 1 is 1.28 bits per heavy atom. The zero-order chi connectivity index (χ0) is 12.4. The molecule has 2 N–H and O–H groups in total. The second-order valence-electron chi connectivity index (χ2n) is 4.65. The zero-order valence-corrected chi connectivity index (χ0v) is 10.4. The van der Waals surface area contributed by atoms with Crippen LogP contribution in [-0.2, 0) is 0 Å². The van der Waals surface area contributed by atoms with E-state index in [1.165, 1.54) is 0 Å². The molecule has 2 heterocycles. The number of hydrogen-bond acceptors (Lipinski definition) is 4. The summed E-state index contributed by atoms with van der Waals surface area (Å²) in [7, 11) is 0. The van der Waals surface area contributed by atoms with Crippen molar-refractivity contribution in [2.24, 2.45) is 0 Å². The molecule has 0 saturated carbocycles. The van der Waals surface area contributed by atoms with Crippen LogP contribution in [0.5, 0.6) is 0 Å². The highest BCUT2D eigenvalue weighted by atomic mass is 15.4. The Balaban J connectivity index is 1.81. The zero-order valence-electron chi connectivity index (χ0n) is 10.4. The second kappa shape index (κ2) is 4.78. The van der Waals surface area contributed by atoms with Gasteiger partial charge in [-0.15, -0.1) is 5.10 Å². The van der Waals surface area contributed by atoms with Crippen LogP contribution in [-0.4, -0.2) is 40.9 Å². The molecule has 1 aromatic heterocycles. The van der Waals surface area contributed by atoms with Crippen molar-refractivity contribution in [3.05, 3.63) is 30.3 Å². The van der Waals surface area contributed by atoms with Gasteiger partial charge in [0.2, 0.25) is 5.95 Å². The van der Waals surface area contributed by atoms with Crippen LogP contribution in [0, 0.1) is 0 Å². The fraction of sp³-hybridized carbons (Fsp3) is 0.385. The van der Waals surface area contributed by atoms with Crippen molar-refractivity contribution in [2.75, 3.05) is 24.5 Å². The minimum atomic E-state index is 0.484. The fourth-order valence-corrected chi connectivity index (χ4v) is 2.23. The number of aromatic nitrogens is 3. The predicted octanol–water partition coefficient (Wildman–Crippen LogP) is 1.27. The summed E-state index contributed by atoms with van der Waals surface area (Å²) in [4.78, 5) is 6.78. The molecular formula is C13H17N5. The molecule has 0 amide bonds. The molecule has 5 nitrogen and oxygen atoms in total. The smallest absolute Gasteiger partial charge is 0.245 e. The molecular weight excluding hydrogens is 226 g/mol. The van der Waals surface area contributed by atoms with Crippen molar-refractivity contribution >= 4 is 5.95 Å². The summed E-state index contributed by atoms with van der Waals surface area (Å²) < 4.78 is 0. The summed E-state index contributed by atoms with van der Waals surface area (Å²) in [5.74, 6) is 1.62. The third-order valence-electron chi connectivity index (χ3n) is 3.17. The van der Waals surface area contributed by atoms with Crippen LogP contribution in [0.4, 0.5) is 5.95 Å². The van der Waals surface area contributed by atoms with E-state index in [9.17, 15) is 0 Å². The summed E-state index contributed by atoms with van der Waals surface area (Å²) in [5, 5.41) is 10.7. The van der Waals surface area contributed by atoms with Gasteiger partial charge in [-0.25, -0.2) is 0 Å². The monoisotopic (exact) mass is 243 g/mol. The Kier molecular flexibility index (Phi) is 2.98. The quantitative estimate of drug-likeness (QED) is 0.834. The van der Waals surface area contributed by atoms with Crippen molar-refractivity contribution in [2.45, 2.75) is 13.0 Å². The van der Waals surface area contributed by atoms with Gasteiger partial charge in [-0.2, -0.15) is 4.98 Å². The van der Waals surface area contributed by atoms with Gasteiger partial charge >= 0.3 is 0 Å². The van der Waals surface area contributed by atoms with Gasteiger partial charge in [-0.3, -0.25) is 5.10 Å². The van der Waals surface area contributed by atoms with Gasteiger partial charge in [-0.1, -0.05) is 30.3 Å². The first-order valence-electron chi connectivity index (χ1n) is 6.29. The van der Waals surface area contributed by atoms with Crippen LogP contribution >= 0.6 is 0 Å². The Bertz CT molecular complexity index is 507. The highest BCUT2D eigenvalue weighted by molar-refractivity contribution is 5.56. The fourth-order valence-electron chi connectivity index (χ4n) is 2.23. The number of piperazine rings is 1.